The molecule has 1 atom stereocenters. The minimum absolute atomic E-state index is 0.0472. The van der Waals surface area contributed by atoms with Crippen LogP contribution in [-0.4, -0.2) is 26.3 Å². The number of nitrogens with zero attached hydrogens (tertiary/aromatic N) is 4. The van der Waals surface area contributed by atoms with Crippen LogP contribution in [0.3, 0.4) is 0 Å². The van der Waals surface area contributed by atoms with Crippen LogP contribution in [0, 0.1) is 13.8 Å². The van der Waals surface area contributed by atoms with Gasteiger partial charge in [-0.3, -0.25) is 4.68 Å². The van der Waals surface area contributed by atoms with Crippen LogP contribution in [0.5, 0.6) is 0 Å². The summed E-state index contributed by atoms with van der Waals surface area (Å²) >= 11 is 6.34. The Balaban J connectivity index is 2.25. The maximum atomic E-state index is 6.34. The predicted octanol–water partition coefficient (Wildman–Crippen LogP) is 2.76. The Labute approximate surface area is 130 Å². The average molecular weight is 308 g/mol. The molecule has 0 fully saturated rings. The van der Waals surface area contributed by atoms with Crippen LogP contribution >= 0.6 is 11.6 Å². The van der Waals surface area contributed by atoms with Gasteiger partial charge in [-0.05, 0) is 38.8 Å². The van der Waals surface area contributed by atoms with E-state index in [9.17, 15) is 0 Å². The summed E-state index contributed by atoms with van der Waals surface area (Å²) < 4.78 is 1.71. The highest BCUT2D eigenvalue weighted by Gasteiger charge is 2.20. The van der Waals surface area contributed by atoms with Crippen LogP contribution in [0.4, 0.5) is 0 Å². The highest BCUT2D eigenvalue weighted by Crippen LogP contribution is 2.24. The van der Waals surface area contributed by atoms with E-state index in [0.717, 1.165) is 42.0 Å². The lowest BCUT2D eigenvalue weighted by atomic mass is 10.1. The highest BCUT2D eigenvalue weighted by molar-refractivity contribution is 6.30. The summed E-state index contributed by atoms with van der Waals surface area (Å²) in [5.41, 5.74) is 3.07. The molecule has 2 rings (SSSR count). The molecule has 0 spiro atoms. The minimum atomic E-state index is 0.0472. The van der Waals surface area contributed by atoms with Crippen molar-refractivity contribution < 1.29 is 0 Å². The first kappa shape index (κ1) is 15.9. The van der Waals surface area contributed by atoms with Gasteiger partial charge in [0, 0.05) is 25.0 Å². The van der Waals surface area contributed by atoms with Gasteiger partial charge in [-0.15, -0.1) is 0 Å². The molecule has 0 bridgehead atoms. The number of rotatable bonds is 6. The van der Waals surface area contributed by atoms with Gasteiger partial charge in [-0.2, -0.15) is 5.10 Å². The monoisotopic (exact) mass is 307 g/mol. The largest absolute Gasteiger partial charge is 0.307 e. The van der Waals surface area contributed by atoms with Crippen molar-refractivity contribution in [3.05, 3.63) is 40.2 Å². The number of aryl methyl sites for hydroxylation is 3. The molecule has 5 nitrogen and oxygen atoms in total. The van der Waals surface area contributed by atoms with Crippen LogP contribution in [0.2, 0.25) is 5.15 Å². The Morgan fingerprint density at radius 3 is 2.48 bits per heavy atom. The number of hydrogen-bond donors (Lipinski definition) is 1. The van der Waals surface area contributed by atoms with E-state index in [0.29, 0.717) is 5.15 Å². The van der Waals surface area contributed by atoms with E-state index >= 15 is 0 Å². The van der Waals surface area contributed by atoms with Crippen LogP contribution in [0.15, 0.2) is 12.4 Å². The van der Waals surface area contributed by atoms with Crippen molar-refractivity contribution in [1.29, 1.82) is 0 Å². The molecule has 2 aromatic rings. The van der Waals surface area contributed by atoms with Gasteiger partial charge in [0.05, 0.1) is 11.7 Å². The topological polar surface area (TPSA) is 55.6 Å². The van der Waals surface area contributed by atoms with E-state index in [1.54, 1.807) is 4.68 Å². The van der Waals surface area contributed by atoms with Gasteiger partial charge in [0.15, 0.2) is 0 Å². The Kier molecular flexibility index (Phi) is 5.31. The third-order valence-corrected chi connectivity index (χ3v) is 3.90. The summed E-state index contributed by atoms with van der Waals surface area (Å²) in [5.74, 6) is 0.799. The van der Waals surface area contributed by atoms with Crippen molar-refractivity contribution in [3.8, 4) is 0 Å². The zero-order valence-electron chi connectivity index (χ0n) is 13.0. The molecule has 0 saturated heterocycles. The predicted molar refractivity (Wildman–Crippen MR) is 84.5 cm³/mol. The van der Waals surface area contributed by atoms with E-state index in [1.807, 2.05) is 33.3 Å². The maximum Gasteiger partial charge on any atom is 0.145 e. The lowest BCUT2D eigenvalue weighted by molar-refractivity contribution is 0.503. The molecule has 21 heavy (non-hydrogen) atoms. The standard InChI is InChI=1S/C15H22ClN5/c1-5-6-17-13(15-18-8-10(2)9-19-15)7-12-11(3)20-21(4)14(12)16/h8-9,13,17H,5-7H2,1-4H3. The van der Waals surface area contributed by atoms with Crippen molar-refractivity contribution in [2.24, 2.45) is 7.05 Å². The quantitative estimate of drug-likeness (QED) is 0.891. The third kappa shape index (κ3) is 3.80. The molecule has 0 amide bonds. The number of hydrogen-bond acceptors (Lipinski definition) is 4. The van der Waals surface area contributed by atoms with Gasteiger partial charge < -0.3 is 5.32 Å². The Bertz CT molecular complexity index is 591. The molecule has 0 aromatic carbocycles. The fourth-order valence-electron chi connectivity index (χ4n) is 2.27. The van der Waals surface area contributed by atoms with Gasteiger partial charge in [0.1, 0.15) is 11.0 Å². The fourth-order valence-corrected chi connectivity index (χ4v) is 2.52. The summed E-state index contributed by atoms with van der Waals surface area (Å²) in [5, 5.41) is 8.55. The molecular weight excluding hydrogens is 286 g/mol. The first-order valence-electron chi connectivity index (χ1n) is 7.22. The second kappa shape index (κ2) is 7.00. The molecule has 114 valence electrons. The van der Waals surface area contributed by atoms with E-state index in [1.165, 1.54) is 0 Å². The van der Waals surface area contributed by atoms with Gasteiger partial charge in [-0.1, -0.05) is 18.5 Å². The van der Waals surface area contributed by atoms with Gasteiger partial charge in [0.2, 0.25) is 0 Å². The van der Waals surface area contributed by atoms with E-state index in [-0.39, 0.29) is 6.04 Å². The second-order valence-corrected chi connectivity index (χ2v) is 5.67. The molecule has 2 heterocycles. The lowest BCUT2D eigenvalue weighted by Crippen LogP contribution is -2.26. The van der Waals surface area contributed by atoms with E-state index < -0.39 is 0 Å². The summed E-state index contributed by atoms with van der Waals surface area (Å²) in [6, 6.07) is 0.0472. The summed E-state index contributed by atoms with van der Waals surface area (Å²) in [7, 11) is 1.86. The van der Waals surface area contributed by atoms with Gasteiger partial charge in [-0.25, -0.2) is 9.97 Å². The molecule has 0 aliphatic carbocycles. The number of aromatic nitrogens is 4. The van der Waals surface area contributed by atoms with E-state index in [4.69, 9.17) is 11.6 Å². The highest BCUT2D eigenvalue weighted by atomic mass is 35.5. The molecule has 6 heteroatoms. The lowest BCUT2D eigenvalue weighted by Gasteiger charge is -2.17. The minimum Gasteiger partial charge on any atom is -0.307 e. The SMILES string of the molecule is CCCNC(Cc1c(C)nn(C)c1Cl)c1ncc(C)cn1. The average Bonchev–Trinajstić information content (AvgIpc) is 2.70. The van der Waals surface area contributed by atoms with Crippen molar-refractivity contribution >= 4 is 11.6 Å². The zero-order chi connectivity index (χ0) is 15.4. The van der Waals surface area contributed by atoms with Gasteiger partial charge in [0.25, 0.3) is 0 Å². The van der Waals surface area contributed by atoms with Crippen molar-refractivity contribution in [2.75, 3.05) is 6.54 Å². The van der Waals surface area contributed by atoms with Gasteiger partial charge >= 0.3 is 0 Å². The molecule has 0 aliphatic heterocycles. The molecular formula is C15H22ClN5. The molecule has 0 radical (unpaired) electrons. The first-order chi connectivity index (χ1) is 10.0. The molecule has 1 N–H and O–H groups in total. The van der Waals surface area contributed by atoms with Crippen LogP contribution in [0.25, 0.3) is 0 Å². The maximum absolute atomic E-state index is 6.34. The molecule has 0 saturated carbocycles. The van der Waals surface area contributed by atoms with Crippen molar-refractivity contribution in [2.45, 2.75) is 39.7 Å². The van der Waals surface area contributed by atoms with Crippen molar-refractivity contribution in [3.63, 3.8) is 0 Å². The van der Waals surface area contributed by atoms with Crippen LogP contribution < -0.4 is 5.32 Å². The second-order valence-electron chi connectivity index (χ2n) is 5.31. The first-order valence-corrected chi connectivity index (χ1v) is 7.60. The normalized spacial score (nSPS) is 12.6. The Morgan fingerprint density at radius 2 is 1.95 bits per heavy atom. The fraction of sp³-hybridized carbons (Fsp3) is 0.533. The molecule has 0 aliphatic rings. The van der Waals surface area contributed by atoms with Crippen LogP contribution in [-0.2, 0) is 13.5 Å². The Morgan fingerprint density at radius 1 is 1.29 bits per heavy atom. The summed E-state index contributed by atoms with van der Waals surface area (Å²) in [4.78, 5) is 8.90. The Hall–Kier alpha value is -1.46. The summed E-state index contributed by atoms with van der Waals surface area (Å²) in [6.45, 7) is 7.02. The number of nitrogens with one attached hydrogen (secondary N) is 1. The third-order valence-electron chi connectivity index (χ3n) is 3.43. The van der Waals surface area contributed by atoms with Crippen molar-refractivity contribution in [1.82, 2.24) is 25.1 Å². The molecule has 2 aromatic heterocycles. The smallest absolute Gasteiger partial charge is 0.145 e. The van der Waals surface area contributed by atoms with Crippen LogP contribution in [0.1, 0.15) is 42.0 Å². The molecule has 1 unspecified atom stereocenters. The van der Waals surface area contributed by atoms with E-state index in [2.05, 4.69) is 27.3 Å². The zero-order valence-corrected chi connectivity index (χ0v) is 13.8. The summed E-state index contributed by atoms with van der Waals surface area (Å²) in [6.07, 6.45) is 5.49. The number of halogens is 1.